The third-order valence-electron chi connectivity index (χ3n) is 4.88. The van der Waals surface area contributed by atoms with Crippen molar-refractivity contribution in [2.45, 2.75) is 71.5 Å². The molecule has 0 radical (unpaired) electrons. The first-order chi connectivity index (χ1) is 13.0. The predicted molar refractivity (Wildman–Crippen MR) is 104 cm³/mol. The minimum absolute atomic E-state index is 0.0293. The van der Waals surface area contributed by atoms with E-state index >= 15 is 0 Å². The Morgan fingerprint density at radius 2 is 1.85 bits per heavy atom. The number of benzene rings is 1. The lowest BCUT2D eigenvalue weighted by Gasteiger charge is -2.27. The van der Waals surface area contributed by atoms with E-state index in [1.165, 1.54) is 0 Å². The molecule has 0 aliphatic heterocycles. The van der Waals surface area contributed by atoms with Crippen molar-refractivity contribution in [1.29, 1.82) is 0 Å². The maximum Gasteiger partial charge on any atom is 0.341 e. The van der Waals surface area contributed by atoms with Crippen LogP contribution in [0.2, 0.25) is 0 Å². The maximum absolute atomic E-state index is 12.9. The highest BCUT2D eigenvalue weighted by atomic mass is 16.5. The second kappa shape index (κ2) is 9.74. The second-order valence-electron chi connectivity index (χ2n) is 6.86. The van der Waals surface area contributed by atoms with Crippen LogP contribution in [-0.2, 0) is 14.3 Å². The molecule has 6 nitrogen and oxygen atoms in total. The molecule has 1 saturated carbocycles. The smallest absolute Gasteiger partial charge is 0.341 e. The minimum Gasteiger partial charge on any atom is -0.490 e. The van der Waals surface area contributed by atoms with Crippen LogP contribution in [0.3, 0.4) is 0 Å². The highest BCUT2D eigenvalue weighted by Crippen LogP contribution is 2.35. The SMILES string of the molecule is CCOC(=O)c1cc(NC(=O)C2(OCC)CCCC2)ccc1O[C@H](C)CC. The molecule has 0 heterocycles. The van der Waals surface area contributed by atoms with E-state index in [4.69, 9.17) is 14.2 Å². The number of hydrogen-bond acceptors (Lipinski definition) is 5. The van der Waals surface area contributed by atoms with Crippen LogP contribution in [0.5, 0.6) is 5.75 Å². The number of amides is 1. The van der Waals surface area contributed by atoms with Crippen LogP contribution in [0.25, 0.3) is 0 Å². The third kappa shape index (κ3) is 5.22. The van der Waals surface area contributed by atoms with Crippen molar-refractivity contribution in [1.82, 2.24) is 0 Å². The van der Waals surface area contributed by atoms with Crippen molar-refractivity contribution in [2.75, 3.05) is 18.5 Å². The molecule has 1 aliphatic rings. The lowest BCUT2D eigenvalue weighted by Crippen LogP contribution is -2.43. The number of carbonyl (C=O) groups is 2. The zero-order chi connectivity index (χ0) is 19.9. The summed E-state index contributed by atoms with van der Waals surface area (Å²) in [6.45, 7) is 8.36. The number of nitrogens with one attached hydrogen (secondary N) is 1. The predicted octanol–water partition coefficient (Wildman–Crippen LogP) is 4.33. The average Bonchev–Trinajstić information content (AvgIpc) is 3.13. The number of hydrogen-bond donors (Lipinski definition) is 1. The van der Waals surface area contributed by atoms with Gasteiger partial charge in [0.05, 0.1) is 12.7 Å². The van der Waals surface area contributed by atoms with E-state index in [0.717, 1.165) is 19.3 Å². The first-order valence-electron chi connectivity index (χ1n) is 9.89. The molecule has 6 heteroatoms. The van der Waals surface area contributed by atoms with E-state index in [2.05, 4.69) is 5.32 Å². The summed E-state index contributed by atoms with van der Waals surface area (Å²) >= 11 is 0. The fraction of sp³-hybridized carbons (Fsp3) is 0.619. The van der Waals surface area contributed by atoms with E-state index in [9.17, 15) is 9.59 Å². The van der Waals surface area contributed by atoms with E-state index < -0.39 is 11.6 Å². The van der Waals surface area contributed by atoms with Crippen molar-refractivity contribution in [3.63, 3.8) is 0 Å². The lowest BCUT2D eigenvalue weighted by molar-refractivity contribution is -0.140. The molecule has 1 aromatic rings. The monoisotopic (exact) mass is 377 g/mol. The maximum atomic E-state index is 12.9. The topological polar surface area (TPSA) is 73.9 Å². The van der Waals surface area contributed by atoms with Crippen molar-refractivity contribution >= 4 is 17.6 Å². The third-order valence-corrected chi connectivity index (χ3v) is 4.88. The van der Waals surface area contributed by atoms with E-state index in [0.29, 0.717) is 36.4 Å². The average molecular weight is 377 g/mol. The Labute approximate surface area is 161 Å². The van der Waals surface area contributed by atoms with E-state index in [-0.39, 0.29) is 18.6 Å². The molecule has 150 valence electrons. The molecule has 0 saturated heterocycles. The molecule has 0 aromatic heterocycles. The highest BCUT2D eigenvalue weighted by Gasteiger charge is 2.42. The standard InChI is InChI=1S/C21H31NO5/c1-5-15(4)27-18-11-10-16(14-17(18)19(23)25-6-2)22-20(24)21(26-7-3)12-8-9-13-21/h10-11,14-15H,5-9,12-13H2,1-4H3,(H,22,24)/t15-/m1/s1. The Kier molecular flexibility index (Phi) is 7.66. The number of anilines is 1. The van der Waals surface area contributed by atoms with Crippen LogP contribution in [0.15, 0.2) is 18.2 Å². The summed E-state index contributed by atoms with van der Waals surface area (Å²) in [7, 11) is 0. The van der Waals surface area contributed by atoms with Gasteiger partial charge in [-0.15, -0.1) is 0 Å². The molecule has 0 unspecified atom stereocenters. The fourth-order valence-electron chi connectivity index (χ4n) is 3.28. The van der Waals surface area contributed by atoms with Crippen LogP contribution in [0, 0.1) is 0 Å². The molecule has 1 fully saturated rings. The normalized spacial score (nSPS) is 16.6. The fourth-order valence-corrected chi connectivity index (χ4v) is 3.28. The second-order valence-corrected chi connectivity index (χ2v) is 6.86. The number of carbonyl (C=O) groups excluding carboxylic acids is 2. The van der Waals surface area contributed by atoms with E-state index in [1.54, 1.807) is 25.1 Å². The Balaban J connectivity index is 2.25. The summed E-state index contributed by atoms with van der Waals surface area (Å²) in [5.74, 6) is -0.166. The Morgan fingerprint density at radius 1 is 1.15 bits per heavy atom. The molecular formula is C21H31NO5. The zero-order valence-corrected chi connectivity index (χ0v) is 16.8. The van der Waals surface area contributed by atoms with Crippen molar-refractivity contribution < 1.29 is 23.8 Å². The summed E-state index contributed by atoms with van der Waals surface area (Å²) in [6.07, 6.45) is 4.17. The van der Waals surface area contributed by atoms with Gasteiger partial charge in [0.1, 0.15) is 16.9 Å². The molecular weight excluding hydrogens is 346 g/mol. The largest absolute Gasteiger partial charge is 0.490 e. The van der Waals surface area contributed by atoms with Crippen molar-refractivity contribution in [2.24, 2.45) is 0 Å². The Bertz CT molecular complexity index is 652. The molecule has 1 amide bonds. The van der Waals surface area contributed by atoms with Gasteiger partial charge in [0.2, 0.25) is 0 Å². The molecule has 1 atom stereocenters. The summed E-state index contributed by atoms with van der Waals surface area (Å²) in [4.78, 5) is 25.2. The Hall–Kier alpha value is -2.08. The molecule has 27 heavy (non-hydrogen) atoms. The molecule has 1 aromatic carbocycles. The van der Waals surface area contributed by atoms with Crippen LogP contribution < -0.4 is 10.1 Å². The lowest BCUT2D eigenvalue weighted by atomic mass is 10.0. The molecule has 0 spiro atoms. The summed E-state index contributed by atoms with van der Waals surface area (Å²) in [6, 6.07) is 5.06. The van der Waals surface area contributed by atoms with Crippen LogP contribution in [-0.4, -0.2) is 36.8 Å². The van der Waals surface area contributed by atoms with Gasteiger partial charge in [-0.1, -0.05) is 6.92 Å². The van der Waals surface area contributed by atoms with Crippen molar-refractivity contribution in [3.05, 3.63) is 23.8 Å². The van der Waals surface area contributed by atoms with Crippen LogP contribution >= 0.6 is 0 Å². The molecule has 1 N–H and O–H groups in total. The number of esters is 1. The van der Waals surface area contributed by atoms with Gasteiger partial charge in [0.25, 0.3) is 5.91 Å². The van der Waals surface area contributed by atoms with Gasteiger partial charge in [-0.25, -0.2) is 4.79 Å². The van der Waals surface area contributed by atoms with Gasteiger partial charge in [-0.3, -0.25) is 4.79 Å². The van der Waals surface area contributed by atoms with Crippen LogP contribution in [0.1, 0.15) is 70.2 Å². The van der Waals surface area contributed by atoms with Gasteiger partial charge < -0.3 is 19.5 Å². The molecule has 0 bridgehead atoms. The van der Waals surface area contributed by atoms with Gasteiger partial charge in [-0.2, -0.15) is 0 Å². The van der Waals surface area contributed by atoms with Crippen LogP contribution in [0.4, 0.5) is 5.69 Å². The van der Waals surface area contributed by atoms with Gasteiger partial charge >= 0.3 is 5.97 Å². The quantitative estimate of drug-likeness (QED) is 0.649. The summed E-state index contributed by atoms with van der Waals surface area (Å²) in [5, 5.41) is 2.91. The molecule has 2 rings (SSSR count). The zero-order valence-electron chi connectivity index (χ0n) is 16.8. The van der Waals surface area contributed by atoms with Gasteiger partial charge in [0, 0.05) is 12.3 Å². The summed E-state index contributed by atoms with van der Waals surface area (Å²) < 4.78 is 16.8. The number of ether oxygens (including phenoxy) is 3. The first kappa shape index (κ1) is 21.2. The van der Waals surface area contributed by atoms with Gasteiger partial charge in [0.15, 0.2) is 0 Å². The minimum atomic E-state index is -0.773. The van der Waals surface area contributed by atoms with Gasteiger partial charge in [-0.05, 0) is 71.1 Å². The summed E-state index contributed by atoms with van der Waals surface area (Å²) in [5.41, 5.74) is 0.0717. The first-order valence-corrected chi connectivity index (χ1v) is 9.89. The van der Waals surface area contributed by atoms with E-state index in [1.807, 2.05) is 20.8 Å². The molecule has 1 aliphatic carbocycles. The number of rotatable bonds is 9. The highest BCUT2D eigenvalue weighted by molar-refractivity contribution is 6.00. The Morgan fingerprint density at radius 3 is 2.44 bits per heavy atom. The van der Waals surface area contributed by atoms with Crippen molar-refractivity contribution in [3.8, 4) is 5.75 Å².